The van der Waals surface area contributed by atoms with E-state index in [4.69, 9.17) is 25.4 Å². The first-order chi connectivity index (χ1) is 26.2. The molecule has 0 spiro atoms. The minimum absolute atomic E-state index is 0.00644. The van der Waals surface area contributed by atoms with Gasteiger partial charge >= 0.3 is 5.97 Å². The fourth-order valence-corrected chi connectivity index (χ4v) is 8.36. The summed E-state index contributed by atoms with van der Waals surface area (Å²) in [5.74, 6) is -4.30. The Morgan fingerprint density at radius 1 is 1.02 bits per heavy atom. The Labute approximate surface area is 313 Å². The van der Waals surface area contributed by atoms with Crippen molar-refractivity contribution in [1.29, 1.82) is 0 Å². The highest BCUT2D eigenvalue weighted by molar-refractivity contribution is 5.94. The molecule has 1 aliphatic heterocycles. The molecule has 290 valence electrons. The molecule has 0 radical (unpaired) electrons. The number of carboxylic acids is 1. The van der Waals surface area contributed by atoms with E-state index in [2.05, 4.69) is 28.5 Å². The average Bonchev–Trinajstić information content (AvgIpc) is 3.15. The van der Waals surface area contributed by atoms with Gasteiger partial charge in [0.1, 0.15) is 40.3 Å². The van der Waals surface area contributed by atoms with Crippen LogP contribution in [0.5, 0.6) is 23.0 Å². The minimum atomic E-state index is -2.72. The Bertz CT molecular complexity index is 2270. The highest BCUT2D eigenvalue weighted by Gasteiger charge is 2.58. The van der Waals surface area contributed by atoms with Crippen LogP contribution < -0.4 is 26.9 Å². The first kappa shape index (κ1) is 37.7. The van der Waals surface area contributed by atoms with Crippen LogP contribution in [-0.4, -0.2) is 98.0 Å². The maximum Gasteiger partial charge on any atom is 0.335 e. The van der Waals surface area contributed by atoms with Gasteiger partial charge in [0, 0.05) is 17.7 Å². The van der Waals surface area contributed by atoms with E-state index >= 15 is 0 Å². The smallest absolute Gasteiger partial charge is 0.335 e. The summed E-state index contributed by atoms with van der Waals surface area (Å²) in [6.45, 7) is -0.102. The molecule has 12 N–H and O–H groups in total. The van der Waals surface area contributed by atoms with Gasteiger partial charge in [-0.3, -0.25) is 9.79 Å². The van der Waals surface area contributed by atoms with Gasteiger partial charge in [0.05, 0.1) is 6.54 Å². The number of aliphatic hydroxyl groups is 3. The van der Waals surface area contributed by atoms with Crippen molar-refractivity contribution in [2.24, 2.45) is 28.3 Å². The number of aliphatic carboxylic acids is 1. The molecule has 16 heteroatoms. The number of aliphatic hydroxyl groups excluding tert-OH is 2. The lowest BCUT2D eigenvalue weighted by Crippen LogP contribution is -2.70. The van der Waals surface area contributed by atoms with E-state index in [0.717, 1.165) is 49.1 Å². The number of ether oxygens (including phenoxy) is 2. The summed E-state index contributed by atoms with van der Waals surface area (Å²) in [6.07, 6.45) is -3.60. The van der Waals surface area contributed by atoms with Crippen molar-refractivity contribution in [2.45, 2.75) is 55.4 Å². The quantitative estimate of drug-likeness (QED) is 0.0661. The van der Waals surface area contributed by atoms with E-state index in [1.54, 1.807) is 12.1 Å². The lowest BCUT2D eigenvalue weighted by Gasteiger charge is -2.45. The zero-order valence-electron chi connectivity index (χ0n) is 29.6. The number of allylic oxidation sites excluding steroid dienone is 1. The van der Waals surface area contributed by atoms with Gasteiger partial charge in [0.15, 0.2) is 29.0 Å². The molecule has 3 aromatic carbocycles. The van der Waals surface area contributed by atoms with Gasteiger partial charge in [-0.1, -0.05) is 36.8 Å². The van der Waals surface area contributed by atoms with Gasteiger partial charge < -0.3 is 66.4 Å². The lowest BCUT2D eigenvalue weighted by molar-refractivity contribution is -0.303. The summed E-state index contributed by atoms with van der Waals surface area (Å²) in [7, 11) is 1.92. The van der Waals surface area contributed by atoms with E-state index in [9.17, 15) is 45.3 Å². The fraction of sp³-hybridized carbons (Fsp3) is 0.359. The summed E-state index contributed by atoms with van der Waals surface area (Å²) in [4.78, 5) is 29.3. The number of nitrogens with zero attached hydrogens (tertiary/aromatic N) is 1. The molecule has 3 aliphatic rings. The minimum Gasteiger partial charge on any atom is -0.508 e. The Morgan fingerprint density at radius 2 is 1.78 bits per heavy atom. The second kappa shape index (κ2) is 14.5. The topological polar surface area (TPSA) is 284 Å². The predicted octanol–water partition coefficient (Wildman–Crippen LogP) is 1.76. The number of carboxylic acid groups (broad SMARTS) is 1. The van der Waals surface area contributed by atoms with Crippen molar-refractivity contribution in [2.75, 3.05) is 20.1 Å². The first-order valence-corrected chi connectivity index (χ1v) is 17.7. The first-order valence-electron chi connectivity index (χ1n) is 17.7. The summed E-state index contributed by atoms with van der Waals surface area (Å²) >= 11 is 0. The normalized spacial score (nSPS) is 27.4. The van der Waals surface area contributed by atoms with Crippen molar-refractivity contribution < 1.29 is 54.4 Å². The van der Waals surface area contributed by atoms with Gasteiger partial charge in [-0.05, 0) is 84.7 Å². The molecule has 2 heterocycles. The van der Waals surface area contributed by atoms with Crippen molar-refractivity contribution in [3.8, 4) is 34.3 Å². The molecule has 16 nitrogen and oxygen atoms in total. The summed E-state index contributed by atoms with van der Waals surface area (Å²) in [5.41, 5.74) is 11.3. The van der Waals surface area contributed by atoms with Crippen LogP contribution in [0.1, 0.15) is 41.9 Å². The number of benzene rings is 3. The van der Waals surface area contributed by atoms with Crippen LogP contribution in [0.4, 0.5) is 0 Å². The van der Waals surface area contributed by atoms with E-state index in [0.29, 0.717) is 11.1 Å². The van der Waals surface area contributed by atoms with Crippen LogP contribution in [0.25, 0.3) is 33.9 Å². The van der Waals surface area contributed by atoms with Gasteiger partial charge in [0.25, 0.3) is 0 Å². The third-order valence-electron chi connectivity index (χ3n) is 10.9. The van der Waals surface area contributed by atoms with Crippen molar-refractivity contribution in [1.82, 2.24) is 5.32 Å². The molecule has 8 unspecified atom stereocenters. The van der Waals surface area contributed by atoms with Crippen molar-refractivity contribution >= 4 is 34.5 Å². The number of phenolic OH excluding ortho intramolecular Hbond substituents is 3. The maximum atomic E-state index is 13.7. The molecule has 2 fully saturated rings. The lowest BCUT2D eigenvalue weighted by atomic mass is 9.61. The monoisotopic (exact) mass is 758 g/mol. The summed E-state index contributed by atoms with van der Waals surface area (Å²) < 4.78 is 17.2. The second-order valence-corrected chi connectivity index (χ2v) is 14.3. The number of hydrogen-bond acceptors (Lipinski definition) is 13. The number of nitrogens with one attached hydrogen (secondary N) is 1. The van der Waals surface area contributed by atoms with E-state index in [1.165, 1.54) is 11.6 Å². The van der Waals surface area contributed by atoms with E-state index < -0.39 is 76.7 Å². The van der Waals surface area contributed by atoms with Gasteiger partial charge in [-0.15, -0.1) is 0 Å². The SMILES string of the molecule is CNCC1CCCC2c3ccccc3C=C(c3cc(O)ccc3-c3cc(=O)c4c(O)c(O)c(OC5OC(C(=O)O)C(O)C(O)(CN=C(N)N)C5O)cc4o3)C12. The number of fused-ring (bicyclic) bond motifs is 4. The number of nitrogens with two attached hydrogens (primary N) is 2. The maximum absolute atomic E-state index is 13.7. The van der Waals surface area contributed by atoms with Gasteiger partial charge in [-0.25, -0.2) is 4.79 Å². The predicted molar refractivity (Wildman–Crippen MR) is 199 cm³/mol. The van der Waals surface area contributed by atoms with E-state index in [-0.39, 0.29) is 34.8 Å². The number of carbonyl (C=O) groups is 1. The van der Waals surface area contributed by atoms with Gasteiger partial charge in [-0.2, -0.15) is 0 Å². The Hall–Kier alpha value is -5.65. The number of hydrogen-bond donors (Lipinski definition) is 10. The number of guanidine groups is 1. The molecule has 0 bridgehead atoms. The van der Waals surface area contributed by atoms with Crippen LogP contribution in [0.3, 0.4) is 0 Å². The van der Waals surface area contributed by atoms with Crippen LogP contribution in [0.2, 0.25) is 0 Å². The molecule has 4 aromatic rings. The van der Waals surface area contributed by atoms with Gasteiger partial charge in [0.2, 0.25) is 12.0 Å². The standard InChI is InChI=1S/C39H42N4O12/c1-42-15-18-6-4-8-22-20-7-3-2-5-17(20)11-24(29(18)22)23-12-19(44)9-10-21(23)26-13-25(45)30-27(53-26)14-28(31(46)32(30)47)54-37-35(49)39(52,16-43-38(40)41)34(48)33(55-37)36(50)51/h2-3,5,7,9-14,18,22,29,33-35,37,42,44,46-49,52H,4,6,8,15-16H2,1H3,(H,50,51)(H4,40,41,43). The second-order valence-electron chi connectivity index (χ2n) is 14.3. The number of rotatable bonds is 9. The van der Waals surface area contributed by atoms with Crippen LogP contribution in [-0.2, 0) is 9.53 Å². The molecule has 1 saturated carbocycles. The van der Waals surface area contributed by atoms with Crippen molar-refractivity contribution in [3.05, 3.63) is 81.5 Å². The number of phenols is 3. The molecule has 2 aliphatic carbocycles. The molecule has 55 heavy (non-hydrogen) atoms. The molecule has 0 amide bonds. The summed E-state index contributed by atoms with van der Waals surface area (Å²) in [6, 6.07) is 15.1. The Kier molecular flexibility index (Phi) is 9.95. The van der Waals surface area contributed by atoms with E-state index in [1.807, 2.05) is 19.2 Å². The molecular formula is C39H42N4O12. The highest BCUT2D eigenvalue weighted by atomic mass is 16.7. The van der Waals surface area contributed by atoms with Crippen molar-refractivity contribution in [3.63, 3.8) is 0 Å². The third-order valence-corrected chi connectivity index (χ3v) is 10.9. The molecule has 7 rings (SSSR count). The largest absolute Gasteiger partial charge is 0.508 e. The zero-order chi connectivity index (χ0) is 39.3. The Morgan fingerprint density at radius 3 is 2.51 bits per heavy atom. The zero-order valence-corrected chi connectivity index (χ0v) is 29.6. The highest BCUT2D eigenvalue weighted by Crippen LogP contribution is 2.54. The Balaban J connectivity index is 1.33. The van der Waals surface area contributed by atoms with Crippen LogP contribution >= 0.6 is 0 Å². The summed E-state index contributed by atoms with van der Waals surface area (Å²) in [5, 5.41) is 78.3. The van der Waals surface area contributed by atoms with Crippen LogP contribution in [0.15, 0.2) is 68.8 Å². The number of aliphatic imine (C=N–C) groups is 1. The number of aromatic hydroxyl groups is 3. The average molecular weight is 759 g/mol. The third kappa shape index (κ3) is 6.61. The molecular weight excluding hydrogens is 716 g/mol. The molecule has 1 aromatic heterocycles. The van der Waals surface area contributed by atoms with Crippen LogP contribution in [0, 0.1) is 11.8 Å². The fourth-order valence-electron chi connectivity index (χ4n) is 8.36. The molecule has 1 saturated heterocycles. The molecule has 8 atom stereocenters.